The van der Waals surface area contributed by atoms with Gasteiger partial charge in [0.2, 0.25) is 5.82 Å². The second kappa shape index (κ2) is 7.04. The van der Waals surface area contributed by atoms with Crippen LogP contribution >= 0.6 is 23.4 Å². The van der Waals surface area contributed by atoms with E-state index in [1.165, 1.54) is 6.07 Å². The highest BCUT2D eigenvalue weighted by Crippen LogP contribution is 2.28. The van der Waals surface area contributed by atoms with Crippen molar-refractivity contribution < 1.29 is 13.2 Å². The largest absolute Gasteiger partial charge is 0.451 e. The Balaban J connectivity index is 2.58. The molecular formula is C10H13ClF3N3S. The molecule has 0 radical (unpaired) electrons. The first-order valence-electron chi connectivity index (χ1n) is 5.28. The van der Waals surface area contributed by atoms with Crippen LogP contribution in [0.1, 0.15) is 18.7 Å². The molecule has 0 aliphatic heterocycles. The molecule has 0 unspecified atom stereocenters. The summed E-state index contributed by atoms with van der Waals surface area (Å²) in [5, 5.41) is 2.59. The van der Waals surface area contributed by atoms with E-state index in [0.29, 0.717) is 6.54 Å². The van der Waals surface area contributed by atoms with Crippen LogP contribution in [0.5, 0.6) is 0 Å². The number of nitrogens with one attached hydrogen (secondary N) is 1. The Hall–Kier alpha value is -0.690. The van der Waals surface area contributed by atoms with Crippen molar-refractivity contribution in [1.82, 2.24) is 9.97 Å². The van der Waals surface area contributed by atoms with E-state index in [2.05, 4.69) is 15.3 Å². The number of alkyl halides is 3. The molecule has 18 heavy (non-hydrogen) atoms. The Labute approximate surface area is 113 Å². The minimum atomic E-state index is -4.58. The SMILES string of the molecule is CSCCCCNc1cc(Cl)nc(C(F)(F)F)n1. The number of thioether (sulfide) groups is 1. The van der Waals surface area contributed by atoms with Crippen LogP contribution in [0.15, 0.2) is 6.07 Å². The molecule has 0 amide bonds. The number of aromatic nitrogens is 2. The minimum Gasteiger partial charge on any atom is -0.370 e. The summed E-state index contributed by atoms with van der Waals surface area (Å²) in [6, 6.07) is 1.28. The number of hydrogen-bond donors (Lipinski definition) is 1. The van der Waals surface area contributed by atoms with Gasteiger partial charge in [0.05, 0.1) is 0 Å². The van der Waals surface area contributed by atoms with Crippen molar-refractivity contribution in [3.05, 3.63) is 17.0 Å². The maximum atomic E-state index is 12.4. The van der Waals surface area contributed by atoms with Gasteiger partial charge in [-0.05, 0) is 24.9 Å². The standard InChI is InChI=1S/C10H13ClF3N3S/c1-18-5-3-2-4-15-8-6-7(11)16-9(17-8)10(12,13)14/h6H,2-5H2,1H3,(H,15,16,17). The third-order valence-electron chi connectivity index (χ3n) is 2.03. The number of unbranched alkanes of at least 4 members (excludes halogenated alkanes) is 1. The molecular weight excluding hydrogens is 287 g/mol. The summed E-state index contributed by atoms with van der Waals surface area (Å²) in [4.78, 5) is 6.53. The van der Waals surface area contributed by atoms with Gasteiger partial charge in [-0.1, -0.05) is 11.6 Å². The van der Waals surface area contributed by atoms with Crippen LogP contribution in [0, 0.1) is 0 Å². The summed E-state index contributed by atoms with van der Waals surface area (Å²) in [5.41, 5.74) is 0. The molecule has 0 fully saturated rings. The Morgan fingerprint density at radius 1 is 1.33 bits per heavy atom. The summed E-state index contributed by atoms with van der Waals surface area (Å²) >= 11 is 7.26. The first-order chi connectivity index (χ1) is 8.43. The summed E-state index contributed by atoms with van der Waals surface area (Å²) < 4.78 is 37.3. The van der Waals surface area contributed by atoms with Gasteiger partial charge in [-0.15, -0.1) is 0 Å². The van der Waals surface area contributed by atoms with Crippen molar-refractivity contribution in [2.24, 2.45) is 0 Å². The van der Waals surface area contributed by atoms with Gasteiger partial charge in [-0.2, -0.15) is 24.9 Å². The molecule has 8 heteroatoms. The Morgan fingerprint density at radius 3 is 2.67 bits per heavy atom. The van der Waals surface area contributed by atoms with Crippen molar-refractivity contribution in [2.75, 3.05) is 23.9 Å². The van der Waals surface area contributed by atoms with E-state index in [1.54, 1.807) is 11.8 Å². The van der Waals surface area contributed by atoms with E-state index < -0.39 is 12.0 Å². The first-order valence-corrected chi connectivity index (χ1v) is 7.05. The summed E-state index contributed by atoms with van der Waals surface area (Å²) in [6.07, 6.45) is -0.712. The van der Waals surface area contributed by atoms with E-state index in [0.717, 1.165) is 18.6 Å². The van der Waals surface area contributed by atoms with Crippen molar-refractivity contribution in [3.8, 4) is 0 Å². The topological polar surface area (TPSA) is 37.8 Å². The van der Waals surface area contributed by atoms with Crippen LogP contribution in [0.2, 0.25) is 5.15 Å². The Morgan fingerprint density at radius 2 is 2.06 bits per heavy atom. The maximum absolute atomic E-state index is 12.4. The lowest BCUT2D eigenvalue weighted by Crippen LogP contribution is -2.13. The van der Waals surface area contributed by atoms with E-state index >= 15 is 0 Å². The third-order valence-corrected chi connectivity index (χ3v) is 2.92. The van der Waals surface area contributed by atoms with E-state index in [1.807, 2.05) is 6.26 Å². The fraction of sp³-hybridized carbons (Fsp3) is 0.600. The lowest BCUT2D eigenvalue weighted by atomic mass is 10.3. The Kier molecular flexibility index (Phi) is 6.01. The van der Waals surface area contributed by atoms with Gasteiger partial charge < -0.3 is 5.32 Å². The van der Waals surface area contributed by atoms with E-state index in [4.69, 9.17) is 11.6 Å². The monoisotopic (exact) mass is 299 g/mol. The maximum Gasteiger partial charge on any atom is 0.451 e. The summed E-state index contributed by atoms with van der Waals surface area (Å²) in [7, 11) is 0. The van der Waals surface area contributed by atoms with E-state index in [9.17, 15) is 13.2 Å². The third kappa shape index (κ3) is 5.30. The molecule has 1 heterocycles. The summed E-state index contributed by atoms with van der Waals surface area (Å²) in [6.45, 7) is 0.561. The zero-order valence-corrected chi connectivity index (χ0v) is 11.3. The highest BCUT2D eigenvalue weighted by atomic mass is 35.5. The second-order valence-corrected chi connectivity index (χ2v) is 4.90. The predicted octanol–water partition coefficient (Wildman–Crippen LogP) is 3.70. The molecule has 102 valence electrons. The molecule has 0 aromatic carbocycles. The lowest BCUT2D eigenvalue weighted by Gasteiger charge is -2.09. The van der Waals surface area contributed by atoms with E-state index in [-0.39, 0.29) is 11.0 Å². The fourth-order valence-electron chi connectivity index (χ4n) is 1.22. The number of halogens is 4. The van der Waals surface area contributed by atoms with Crippen molar-refractivity contribution in [3.63, 3.8) is 0 Å². The van der Waals surface area contributed by atoms with Crippen molar-refractivity contribution in [1.29, 1.82) is 0 Å². The first kappa shape index (κ1) is 15.4. The molecule has 1 aromatic rings. The van der Waals surface area contributed by atoms with Crippen LogP contribution < -0.4 is 5.32 Å². The smallest absolute Gasteiger partial charge is 0.370 e. The number of rotatable bonds is 6. The second-order valence-electron chi connectivity index (χ2n) is 3.52. The highest BCUT2D eigenvalue weighted by Gasteiger charge is 2.35. The zero-order chi connectivity index (χ0) is 13.6. The van der Waals surface area contributed by atoms with Gasteiger partial charge in [-0.3, -0.25) is 0 Å². The average Bonchev–Trinajstić information content (AvgIpc) is 2.27. The summed E-state index contributed by atoms with van der Waals surface area (Å²) in [5.74, 6) is -0.0897. The molecule has 0 spiro atoms. The molecule has 1 rings (SSSR count). The predicted molar refractivity (Wildman–Crippen MR) is 68.1 cm³/mol. The lowest BCUT2D eigenvalue weighted by molar-refractivity contribution is -0.144. The van der Waals surface area contributed by atoms with Crippen LogP contribution in [-0.2, 0) is 6.18 Å². The number of hydrogen-bond acceptors (Lipinski definition) is 4. The minimum absolute atomic E-state index is 0.103. The molecule has 1 N–H and O–H groups in total. The van der Waals surface area contributed by atoms with Crippen LogP contribution in [0.4, 0.5) is 19.0 Å². The molecule has 0 atom stereocenters. The zero-order valence-electron chi connectivity index (χ0n) is 9.72. The fourth-order valence-corrected chi connectivity index (χ4v) is 1.90. The molecule has 3 nitrogen and oxygen atoms in total. The Bertz CT molecular complexity index is 387. The van der Waals surface area contributed by atoms with Crippen molar-refractivity contribution in [2.45, 2.75) is 19.0 Å². The molecule has 0 aliphatic rings. The van der Waals surface area contributed by atoms with Gasteiger partial charge in [0.25, 0.3) is 0 Å². The molecule has 0 aliphatic carbocycles. The highest BCUT2D eigenvalue weighted by molar-refractivity contribution is 7.98. The van der Waals surface area contributed by atoms with Crippen LogP contribution in [0.3, 0.4) is 0 Å². The van der Waals surface area contributed by atoms with Gasteiger partial charge in [0.1, 0.15) is 11.0 Å². The van der Waals surface area contributed by atoms with Gasteiger partial charge in [0, 0.05) is 12.6 Å². The number of nitrogens with zero attached hydrogens (tertiary/aromatic N) is 2. The van der Waals surface area contributed by atoms with Gasteiger partial charge in [0.15, 0.2) is 0 Å². The molecule has 1 aromatic heterocycles. The normalized spacial score (nSPS) is 11.6. The van der Waals surface area contributed by atoms with Crippen LogP contribution in [-0.4, -0.2) is 28.5 Å². The number of anilines is 1. The molecule has 0 saturated carbocycles. The average molecular weight is 300 g/mol. The van der Waals surface area contributed by atoms with Crippen LogP contribution in [0.25, 0.3) is 0 Å². The molecule has 0 bridgehead atoms. The van der Waals surface area contributed by atoms with Crippen molar-refractivity contribution >= 4 is 29.2 Å². The quantitative estimate of drug-likeness (QED) is 0.642. The van der Waals surface area contributed by atoms with Gasteiger partial charge in [-0.25, -0.2) is 9.97 Å². The van der Waals surface area contributed by atoms with Gasteiger partial charge >= 0.3 is 6.18 Å². The molecule has 0 saturated heterocycles.